The first-order valence-corrected chi connectivity index (χ1v) is 12.3. The van der Waals surface area contributed by atoms with Gasteiger partial charge in [-0.05, 0) is 86.6 Å². The molecule has 35 heavy (non-hydrogen) atoms. The summed E-state index contributed by atoms with van der Waals surface area (Å²) in [5.41, 5.74) is 1.47. The Morgan fingerprint density at radius 1 is 1.03 bits per heavy atom. The molecular weight excluding hydrogens is 455 g/mol. The van der Waals surface area contributed by atoms with E-state index >= 15 is 0 Å². The maximum atomic E-state index is 13.9. The fourth-order valence-electron chi connectivity index (χ4n) is 5.16. The second kappa shape index (κ2) is 11.2. The number of hydrogen-bond donors (Lipinski definition) is 0. The Balaban J connectivity index is 1.31. The lowest BCUT2D eigenvalue weighted by Crippen LogP contribution is -2.43. The normalized spacial score (nSPS) is 18.2. The van der Waals surface area contributed by atoms with Crippen molar-refractivity contribution in [3.8, 4) is 0 Å². The van der Waals surface area contributed by atoms with Gasteiger partial charge >= 0.3 is 0 Å². The van der Waals surface area contributed by atoms with Gasteiger partial charge in [0.05, 0.1) is 0 Å². The lowest BCUT2D eigenvalue weighted by atomic mass is 9.89. The summed E-state index contributed by atoms with van der Waals surface area (Å²) in [7, 11) is 1.69. The molecule has 2 aromatic carbocycles. The predicted octanol–water partition coefficient (Wildman–Crippen LogP) is 4.50. The molecule has 2 fully saturated rings. The van der Waals surface area contributed by atoms with Crippen molar-refractivity contribution in [1.82, 2.24) is 14.7 Å². The summed E-state index contributed by atoms with van der Waals surface area (Å²) in [6, 6.07) is 9.21. The third-order valence-corrected chi connectivity index (χ3v) is 7.19. The molecule has 2 aromatic rings. The van der Waals surface area contributed by atoms with Crippen LogP contribution in [0.15, 0.2) is 42.5 Å². The van der Waals surface area contributed by atoms with Crippen LogP contribution in [0.4, 0.5) is 13.2 Å². The summed E-state index contributed by atoms with van der Waals surface area (Å²) in [5, 5.41) is 0. The number of likely N-dealkylation sites (tertiary alicyclic amines) is 2. The van der Waals surface area contributed by atoms with Gasteiger partial charge in [0.1, 0.15) is 11.9 Å². The zero-order chi connectivity index (χ0) is 24.9. The van der Waals surface area contributed by atoms with Crippen LogP contribution in [0.1, 0.15) is 55.2 Å². The zero-order valence-corrected chi connectivity index (χ0v) is 20.1. The quantitative estimate of drug-likeness (QED) is 0.551. The highest BCUT2D eigenvalue weighted by atomic mass is 19.2. The van der Waals surface area contributed by atoms with Gasteiger partial charge in [-0.3, -0.25) is 9.59 Å². The van der Waals surface area contributed by atoms with Gasteiger partial charge in [-0.1, -0.05) is 18.2 Å². The minimum Gasteiger partial charge on any atom is -0.344 e. The van der Waals surface area contributed by atoms with Crippen LogP contribution in [0.2, 0.25) is 0 Å². The Morgan fingerprint density at radius 3 is 2.37 bits per heavy atom. The van der Waals surface area contributed by atoms with Crippen molar-refractivity contribution in [2.45, 2.75) is 44.1 Å². The molecule has 4 rings (SSSR count). The molecule has 2 aliphatic rings. The van der Waals surface area contributed by atoms with Crippen LogP contribution in [0.5, 0.6) is 0 Å². The molecule has 0 bridgehead atoms. The van der Waals surface area contributed by atoms with E-state index in [-0.39, 0.29) is 17.6 Å². The highest BCUT2D eigenvalue weighted by Crippen LogP contribution is 2.30. The van der Waals surface area contributed by atoms with Gasteiger partial charge in [0.2, 0.25) is 11.8 Å². The van der Waals surface area contributed by atoms with Gasteiger partial charge < -0.3 is 14.7 Å². The lowest BCUT2D eigenvalue weighted by Gasteiger charge is -2.33. The number of amides is 2. The molecule has 0 aromatic heterocycles. The monoisotopic (exact) mass is 487 g/mol. The van der Waals surface area contributed by atoms with Crippen molar-refractivity contribution < 1.29 is 22.8 Å². The molecule has 0 spiro atoms. The Kier molecular flexibility index (Phi) is 8.11. The molecule has 0 N–H and O–H groups in total. The van der Waals surface area contributed by atoms with Crippen LogP contribution in [0.3, 0.4) is 0 Å². The predicted molar refractivity (Wildman–Crippen MR) is 127 cm³/mol. The first-order chi connectivity index (χ1) is 16.8. The summed E-state index contributed by atoms with van der Waals surface area (Å²) in [6.45, 7) is 3.65. The SMILES string of the molecule is CN(CCCN1CCC(c2ccc(F)cc2)CC1)C(=O)C(c1ccc(F)c(F)c1)N1CCCC1=O. The first kappa shape index (κ1) is 25.2. The Morgan fingerprint density at radius 2 is 1.74 bits per heavy atom. The topological polar surface area (TPSA) is 43.9 Å². The number of carbonyl (C=O) groups is 2. The van der Waals surface area contributed by atoms with E-state index in [0.717, 1.165) is 51.0 Å². The van der Waals surface area contributed by atoms with E-state index in [9.17, 15) is 22.8 Å². The molecule has 2 aliphatic heterocycles. The van der Waals surface area contributed by atoms with E-state index < -0.39 is 17.7 Å². The average Bonchev–Trinajstić information content (AvgIpc) is 3.27. The number of carbonyl (C=O) groups excluding carboxylic acids is 2. The molecule has 0 saturated carbocycles. The molecule has 188 valence electrons. The minimum atomic E-state index is -1.03. The van der Waals surface area contributed by atoms with Crippen molar-refractivity contribution in [2.24, 2.45) is 0 Å². The summed E-state index contributed by atoms with van der Waals surface area (Å²) in [5.74, 6) is -2.23. The summed E-state index contributed by atoms with van der Waals surface area (Å²) in [4.78, 5) is 31.2. The first-order valence-electron chi connectivity index (χ1n) is 12.3. The van der Waals surface area contributed by atoms with E-state index in [1.807, 2.05) is 12.1 Å². The molecule has 2 saturated heterocycles. The number of rotatable bonds is 8. The van der Waals surface area contributed by atoms with E-state index in [1.165, 1.54) is 28.7 Å². The number of halogens is 3. The molecule has 2 heterocycles. The second-order valence-electron chi connectivity index (χ2n) is 9.55. The van der Waals surface area contributed by atoms with Gasteiger partial charge in [-0.15, -0.1) is 0 Å². The number of likely N-dealkylation sites (N-methyl/N-ethyl adjacent to an activating group) is 1. The van der Waals surface area contributed by atoms with Crippen molar-refractivity contribution >= 4 is 11.8 Å². The van der Waals surface area contributed by atoms with Crippen LogP contribution in [-0.4, -0.2) is 66.3 Å². The average molecular weight is 488 g/mol. The third-order valence-electron chi connectivity index (χ3n) is 7.19. The van der Waals surface area contributed by atoms with Crippen molar-refractivity contribution in [3.05, 3.63) is 71.0 Å². The van der Waals surface area contributed by atoms with Crippen LogP contribution < -0.4 is 0 Å². The van der Waals surface area contributed by atoms with E-state index in [0.29, 0.717) is 37.4 Å². The van der Waals surface area contributed by atoms with Gasteiger partial charge in [0.15, 0.2) is 11.6 Å². The van der Waals surface area contributed by atoms with E-state index in [4.69, 9.17) is 0 Å². The molecule has 1 atom stereocenters. The molecule has 0 radical (unpaired) electrons. The van der Waals surface area contributed by atoms with Crippen LogP contribution in [0, 0.1) is 17.5 Å². The summed E-state index contributed by atoms with van der Waals surface area (Å²) >= 11 is 0. The standard InChI is InChI=1S/C27H32F3N3O2/c1-31(13-3-14-32-16-11-20(12-17-32)19-5-8-22(28)9-6-19)27(35)26(33-15-2-4-25(33)34)21-7-10-23(29)24(30)18-21/h5-10,18,20,26H,2-4,11-17H2,1H3. The molecule has 0 aliphatic carbocycles. The minimum absolute atomic E-state index is 0.148. The van der Waals surface area contributed by atoms with Gasteiger partial charge in [0, 0.05) is 26.6 Å². The maximum absolute atomic E-state index is 13.9. The van der Waals surface area contributed by atoms with E-state index in [2.05, 4.69) is 4.90 Å². The molecule has 5 nitrogen and oxygen atoms in total. The van der Waals surface area contributed by atoms with Crippen LogP contribution in [0.25, 0.3) is 0 Å². The Hall–Kier alpha value is -2.87. The molecule has 1 unspecified atom stereocenters. The fourth-order valence-corrected chi connectivity index (χ4v) is 5.16. The number of nitrogens with zero attached hydrogens (tertiary/aromatic N) is 3. The van der Waals surface area contributed by atoms with Crippen LogP contribution >= 0.6 is 0 Å². The Labute approximate surface area is 204 Å². The van der Waals surface area contributed by atoms with Crippen molar-refractivity contribution in [1.29, 1.82) is 0 Å². The van der Waals surface area contributed by atoms with E-state index in [1.54, 1.807) is 11.9 Å². The number of hydrogen-bond acceptors (Lipinski definition) is 3. The molecule has 2 amide bonds. The lowest BCUT2D eigenvalue weighted by molar-refractivity contribution is -0.143. The second-order valence-corrected chi connectivity index (χ2v) is 9.55. The summed E-state index contributed by atoms with van der Waals surface area (Å²) < 4.78 is 40.6. The van der Waals surface area contributed by atoms with Gasteiger partial charge in [0.25, 0.3) is 0 Å². The zero-order valence-electron chi connectivity index (χ0n) is 20.1. The number of benzene rings is 2. The molecule has 8 heteroatoms. The largest absolute Gasteiger partial charge is 0.344 e. The molecular formula is C27H32F3N3O2. The Bertz CT molecular complexity index is 1040. The highest BCUT2D eigenvalue weighted by molar-refractivity contribution is 5.89. The maximum Gasteiger partial charge on any atom is 0.249 e. The van der Waals surface area contributed by atoms with Crippen LogP contribution in [-0.2, 0) is 9.59 Å². The van der Waals surface area contributed by atoms with Gasteiger partial charge in [-0.25, -0.2) is 13.2 Å². The van der Waals surface area contributed by atoms with Gasteiger partial charge in [-0.2, -0.15) is 0 Å². The smallest absolute Gasteiger partial charge is 0.249 e. The highest BCUT2D eigenvalue weighted by Gasteiger charge is 2.36. The summed E-state index contributed by atoms with van der Waals surface area (Å²) in [6.07, 6.45) is 3.78. The fraction of sp³-hybridized carbons (Fsp3) is 0.481. The number of piperidine rings is 1. The van der Waals surface area contributed by atoms with Crippen molar-refractivity contribution in [3.63, 3.8) is 0 Å². The third kappa shape index (κ3) is 6.04. The van der Waals surface area contributed by atoms with Crippen molar-refractivity contribution in [2.75, 3.05) is 39.8 Å².